The first-order valence-corrected chi connectivity index (χ1v) is 5.28. The van der Waals surface area contributed by atoms with Crippen molar-refractivity contribution in [1.82, 2.24) is 10.3 Å². The molecule has 1 fully saturated rings. The molecule has 3 rings (SSSR count). The molecule has 0 aliphatic carbocycles. The van der Waals surface area contributed by atoms with Gasteiger partial charge in [-0.05, 0) is 17.7 Å². The highest BCUT2D eigenvalue weighted by Crippen LogP contribution is 2.21. The first kappa shape index (κ1) is 9.62. The van der Waals surface area contributed by atoms with E-state index in [9.17, 15) is 4.79 Å². The Morgan fingerprint density at radius 3 is 3.12 bits per heavy atom. The second-order valence-electron chi connectivity index (χ2n) is 3.83. The van der Waals surface area contributed by atoms with Gasteiger partial charge in [0.1, 0.15) is 0 Å². The lowest BCUT2D eigenvalue weighted by Crippen LogP contribution is -2.33. The number of hydrogen-bond donors (Lipinski definition) is 2. The Kier molecular flexibility index (Phi) is 2.27. The van der Waals surface area contributed by atoms with Gasteiger partial charge < -0.3 is 14.5 Å². The molecule has 1 unspecified atom stereocenters. The molecule has 84 valence electrons. The Balaban J connectivity index is 2.00. The lowest BCUT2D eigenvalue weighted by atomic mass is 10.1. The maximum Gasteiger partial charge on any atom is 0.417 e. The van der Waals surface area contributed by atoms with Crippen LogP contribution in [0.2, 0.25) is 0 Å². The fourth-order valence-corrected chi connectivity index (χ4v) is 1.95. The molecule has 0 bridgehead atoms. The lowest BCUT2D eigenvalue weighted by Gasteiger charge is -2.23. The van der Waals surface area contributed by atoms with E-state index in [2.05, 4.69) is 10.3 Å². The van der Waals surface area contributed by atoms with Gasteiger partial charge in [-0.3, -0.25) is 4.98 Å². The number of morpholine rings is 1. The van der Waals surface area contributed by atoms with E-state index >= 15 is 0 Å². The second kappa shape index (κ2) is 3.77. The molecule has 5 heteroatoms. The molecule has 5 nitrogen and oxygen atoms in total. The summed E-state index contributed by atoms with van der Waals surface area (Å²) in [5, 5.41) is 3.27. The number of benzene rings is 1. The van der Waals surface area contributed by atoms with Crippen LogP contribution in [0.4, 0.5) is 0 Å². The maximum absolute atomic E-state index is 11.0. The number of aromatic amines is 1. The summed E-state index contributed by atoms with van der Waals surface area (Å²) in [4.78, 5) is 13.7. The molecule has 2 aromatic rings. The Morgan fingerprint density at radius 2 is 2.31 bits per heavy atom. The van der Waals surface area contributed by atoms with E-state index in [-0.39, 0.29) is 6.10 Å². The van der Waals surface area contributed by atoms with Gasteiger partial charge in [0, 0.05) is 13.1 Å². The van der Waals surface area contributed by atoms with Crippen molar-refractivity contribution in [3.05, 3.63) is 34.3 Å². The highest BCUT2D eigenvalue weighted by atomic mass is 16.5. The van der Waals surface area contributed by atoms with E-state index in [0.717, 1.165) is 24.2 Å². The Hall–Kier alpha value is -1.59. The summed E-state index contributed by atoms with van der Waals surface area (Å²) in [6.45, 7) is 2.40. The standard InChI is InChI=1S/C11H12N2O3/c14-11-13-8-5-7(1-2-9(8)16-11)10-6-12-3-4-15-10/h1-2,5,10,12H,3-4,6H2,(H,13,14). The van der Waals surface area contributed by atoms with Gasteiger partial charge in [0.2, 0.25) is 0 Å². The van der Waals surface area contributed by atoms with E-state index in [1.807, 2.05) is 12.1 Å². The van der Waals surface area contributed by atoms with Crippen LogP contribution in [0.15, 0.2) is 27.4 Å². The van der Waals surface area contributed by atoms with Gasteiger partial charge in [-0.25, -0.2) is 4.79 Å². The van der Waals surface area contributed by atoms with Gasteiger partial charge in [0.05, 0.1) is 18.2 Å². The number of H-pyrrole nitrogens is 1. The summed E-state index contributed by atoms with van der Waals surface area (Å²) >= 11 is 0. The summed E-state index contributed by atoms with van der Waals surface area (Å²) < 4.78 is 10.6. The van der Waals surface area contributed by atoms with Crippen molar-refractivity contribution in [1.29, 1.82) is 0 Å². The molecule has 1 aliphatic rings. The molecule has 16 heavy (non-hydrogen) atoms. The molecule has 0 spiro atoms. The number of ether oxygens (including phenoxy) is 1. The minimum Gasteiger partial charge on any atom is -0.408 e. The predicted molar refractivity (Wildman–Crippen MR) is 58.4 cm³/mol. The van der Waals surface area contributed by atoms with Crippen molar-refractivity contribution in [3.8, 4) is 0 Å². The molecule has 0 radical (unpaired) electrons. The van der Waals surface area contributed by atoms with Gasteiger partial charge in [0.25, 0.3) is 0 Å². The molecule has 1 saturated heterocycles. The van der Waals surface area contributed by atoms with Crippen molar-refractivity contribution in [2.45, 2.75) is 6.10 Å². The number of oxazole rings is 1. The molecule has 2 heterocycles. The summed E-state index contributed by atoms with van der Waals surface area (Å²) in [6, 6.07) is 5.62. The largest absolute Gasteiger partial charge is 0.417 e. The zero-order chi connectivity index (χ0) is 11.0. The van der Waals surface area contributed by atoms with Crippen molar-refractivity contribution in [3.63, 3.8) is 0 Å². The minimum atomic E-state index is -0.421. The fourth-order valence-electron chi connectivity index (χ4n) is 1.95. The van der Waals surface area contributed by atoms with Crippen LogP contribution in [0.25, 0.3) is 11.1 Å². The normalized spacial score (nSPS) is 21.4. The molecular formula is C11H12N2O3. The Bertz CT molecular complexity index is 552. The molecular weight excluding hydrogens is 208 g/mol. The molecule has 2 N–H and O–H groups in total. The molecule has 1 aromatic heterocycles. The van der Waals surface area contributed by atoms with E-state index in [4.69, 9.17) is 9.15 Å². The third kappa shape index (κ3) is 1.64. The van der Waals surface area contributed by atoms with E-state index in [0.29, 0.717) is 12.2 Å². The number of rotatable bonds is 1. The highest BCUT2D eigenvalue weighted by Gasteiger charge is 2.16. The first-order valence-electron chi connectivity index (χ1n) is 5.28. The van der Waals surface area contributed by atoms with Gasteiger partial charge in [0.15, 0.2) is 5.58 Å². The van der Waals surface area contributed by atoms with Gasteiger partial charge in [-0.1, -0.05) is 6.07 Å². The van der Waals surface area contributed by atoms with E-state index in [1.165, 1.54) is 0 Å². The lowest BCUT2D eigenvalue weighted by molar-refractivity contribution is 0.0278. The second-order valence-corrected chi connectivity index (χ2v) is 3.83. The Labute approximate surface area is 91.4 Å². The van der Waals surface area contributed by atoms with Crippen LogP contribution in [-0.4, -0.2) is 24.7 Å². The van der Waals surface area contributed by atoms with Gasteiger partial charge in [-0.15, -0.1) is 0 Å². The zero-order valence-corrected chi connectivity index (χ0v) is 8.66. The van der Waals surface area contributed by atoms with Crippen LogP contribution in [0, 0.1) is 0 Å². The predicted octanol–water partition coefficient (Wildman–Crippen LogP) is 0.782. The van der Waals surface area contributed by atoms with Crippen LogP contribution in [0.5, 0.6) is 0 Å². The zero-order valence-electron chi connectivity index (χ0n) is 8.66. The summed E-state index contributed by atoms with van der Waals surface area (Å²) in [6.07, 6.45) is 0.0524. The molecule has 0 amide bonds. The number of fused-ring (bicyclic) bond motifs is 1. The number of aromatic nitrogens is 1. The third-order valence-electron chi connectivity index (χ3n) is 2.74. The van der Waals surface area contributed by atoms with Gasteiger partial charge in [-0.2, -0.15) is 0 Å². The van der Waals surface area contributed by atoms with Crippen molar-refractivity contribution in [2.75, 3.05) is 19.7 Å². The number of nitrogens with one attached hydrogen (secondary N) is 2. The van der Waals surface area contributed by atoms with Crippen LogP contribution < -0.4 is 11.1 Å². The van der Waals surface area contributed by atoms with Crippen LogP contribution in [0.1, 0.15) is 11.7 Å². The first-order chi connectivity index (χ1) is 7.83. The minimum absolute atomic E-state index is 0.0524. The quantitative estimate of drug-likeness (QED) is 0.745. The van der Waals surface area contributed by atoms with Gasteiger partial charge >= 0.3 is 5.76 Å². The highest BCUT2D eigenvalue weighted by molar-refractivity contribution is 5.72. The monoisotopic (exact) mass is 220 g/mol. The fraction of sp³-hybridized carbons (Fsp3) is 0.364. The van der Waals surface area contributed by atoms with Crippen LogP contribution in [0.3, 0.4) is 0 Å². The smallest absolute Gasteiger partial charge is 0.408 e. The topological polar surface area (TPSA) is 67.3 Å². The van der Waals surface area contributed by atoms with Crippen molar-refractivity contribution in [2.24, 2.45) is 0 Å². The maximum atomic E-state index is 11.0. The number of hydrogen-bond acceptors (Lipinski definition) is 4. The average Bonchev–Trinajstić information content (AvgIpc) is 2.69. The Morgan fingerprint density at radius 1 is 1.38 bits per heavy atom. The SMILES string of the molecule is O=c1[nH]c2cc(C3CNCCO3)ccc2o1. The summed E-state index contributed by atoms with van der Waals surface area (Å²) in [7, 11) is 0. The molecule has 1 atom stereocenters. The summed E-state index contributed by atoms with van der Waals surface area (Å²) in [5.41, 5.74) is 2.35. The summed E-state index contributed by atoms with van der Waals surface area (Å²) in [5.74, 6) is -0.421. The molecule has 1 aromatic carbocycles. The van der Waals surface area contributed by atoms with Crippen LogP contribution >= 0.6 is 0 Å². The molecule has 1 aliphatic heterocycles. The van der Waals surface area contributed by atoms with E-state index < -0.39 is 5.76 Å². The van der Waals surface area contributed by atoms with Crippen molar-refractivity contribution >= 4 is 11.1 Å². The van der Waals surface area contributed by atoms with E-state index in [1.54, 1.807) is 6.07 Å². The van der Waals surface area contributed by atoms with Crippen LogP contribution in [-0.2, 0) is 4.74 Å². The average molecular weight is 220 g/mol. The third-order valence-corrected chi connectivity index (χ3v) is 2.74. The van der Waals surface area contributed by atoms with Crippen molar-refractivity contribution < 1.29 is 9.15 Å². The molecule has 0 saturated carbocycles.